The van der Waals surface area contributed by atoms with Gasteiger partial charge in [-0.25, -0.2) is 17.8 Å². The molecule has 0 unspecified atom stereocenters. The van der Waals surface area contributed by atoms with Gasteiger partial charge in [0, 0.05) is 25.5 Å². The molecule has 0 saturated heterocycles. The van der Waals surface area contributed by atoms with Gasteiger partial charge < -0.3 is 5.73 Å². The minimum atomic E-state index is -3.66. The molecule has 2 heterocycles. The minimum Gasteiger partial charge on any atom is -0.383 e. The standard InChI is InChI=1S/C11H15N5O2S/c1-2-16-11(12)10(8-14-16)19(17,18)15-7-9-3-5-13-6-4-9/h3-6,8,15H,2,7,12H2,1H3. The van der Waals surface area contributed by atoms with E-state index in [0.717, 1.165) is 5.56 Å². The van der Waals surface area contributed by atoms with Crippen LogP contribution in [0.2, 0.25) is 0 Å². The summed E-state index contributed by atoms with van der Waals surface area (Å²) < 4.78 is 28.1. The van der Waals surface area contributed by atoms with Crippen molar-refractivity contribution in [3.05, 3.63) is 36.3 Å². The number of sulfonamides is 1. The van der Waals surface area contributed by atoms with Crippen LogP contribution in [0.1, 0.15) is 12.5 Å². The zero-order chi connectivity index (χ0) is 13.9. The molecule has 0 aliphatic rings. The highest BCUT2D eigenvalue weighted by molar-refractivity contribution is 7.89. The SMILES string of the molecule is CCn1ncc(S(=O)(=O)NCc2ccncc2)c1N. The fraction of sp³-hybridized carbons (Fsp3) is 0.273. The maximum atomic E-state index is 12.1. The van der Waals surface area contributed by atoms with E-state index in [1.165, 1.54) is 10.9 Å². The fourth-order valence-electron chi connectivity index (χ4n) is 1.59. The molecule has 0 amide bonds. The summed E-state index contributed by atoms with van der Waals surface area (Å²) in [5.41, 5.74) is 6.56. The highest BCUT2D eigenvalue weighted by Crippen LogP contribution is 2.17. The number of hydrogen-bond donors (Lipinski definition) is 2. The van der Waals surface area contributed by atoms with Gasteiger partial charge in [0.25, 0.3) is 0 Å². The van der Waals surface area contributed by atoms with E-state index in [4.69, 9.17) is 5.73 Å². The third-order valence-corrected chi connectivity index (χ3v) is 4.07. The lowest BCUT2D eigenvalue weighted by atomic mass is 10.3. The summed E-state index contributed by atoms with van der Waals surface area (Å²) in [6, 6.07) is 3.47. The van der Waals surface area contributed by atoms with Gasteiger partial charge in [-0.2, -0.15) is 5.10 Å². The Kier molecular flexibility index (Phi) is 3.82. The smallest absolute Gasteiger partial charge is 0.246 e. The number of nitrogens with two attached hydrogens (primary N) is 1. The second kappa shape index (κ2) is 5.37. The van der Waals surface area contributed by atoms with E-state index < -0.39 is 10.0 Å². The number of nitrogen functional groups attached to an aromatic ring is 1. The number of anilines is 1. The van der Waals surface area contributed by atoms with Gasteiger partial charge in [0.2, 0.25) is 10.0 Å². The summed E-state index contributed by atoms with van der Waals surface area (Å²) in [6.07, 6.45) is 4.47. The first-order valence-electron chi connectivity index (χ1n) is 5.74. The predicted molar refractivity (Wildman–Crippen MR) is 70.6 cm³/mol. The lowest BCUT2D eigenvalue weighted by Gasteiger charge is -2.06. The normalized spacial score (nSPS) is 11.6. The first kappa shape index (κ1) is 13.5. The lowest BCUT2D eigenvalue weighted by Crippen LogP contribution is -2.24. The van der Waals surface area contributed by atoms with Gasteiger partial charge in [-0.1, -0.05) is 0 Å². The summed E-state index contributed by atoms with van der Waals surface area (Å²) in [6.45, 7) is 2.54. The molecule has 0 aliphatic heterocycles. The molecule has 0 radical (unpaired) electrons. The van der Waals surface area contributed by atoms with Crippen LogP contribution in [0.15, 0.2) is 35.6 Å². The van der Waals surface area contributed by atoms with Gasteiger partial charge in [0.05, 0.1) is 6.20 Å². The van der Waals surface area contributed by atoms with Gasteiger partial charge in [0.1, 0.15) is 10.7 Å². The van der Waals surface area contributed by atoms with E-state index in [2.05, 4.69) is 14.8 Å². The average molecular weight is 281 g/mol. The topological polar surface area (TPSA) is 103 Å². The summed E-state index contributed by atoms with van der Waals surface area (Å²) in [5, 5.41) is 3.92. The molecule has 8 heteroatoms. The molecule has 0 spiro atoms. The van der Waals surface area contributed by atoms with Crippen molar-refractivity contribution in [3.8, 4) is 0 Å². The number of pyridine rings is 1. The van der Waals surface area contributed by atoms with Gasteiger partial charge in [-0.15, -0.1) is 0 Å². The molecule has 2 aromatic rings. The van der Waals surface area contributed by atoms with Crippen LogP contribution in [0.3, 0.4) is 0 Å². The molecule has 0 aliphatic carbocycles. The van der Waals surface area contributed by atoms with E-state index in [1.807, 2.05) is 6.92 Å². The first-order chi connectivity index (χ1) is 9.04. The number of hydrogen-bond acceptors (Lipinski definition) is 5. The number of nitrogens with one attached hydrogen (secondary N) is 1. The van der Waals surface area contributed by atoms with Crippen LogP contribution >= 0.6 is 0 Å². The number of aromatic nitrogens is 3. The highest BCUT2D eigenvalue weighted by atomic mass is 32.2. The Balaban J connectivity index is 2.16. The van der Waals surface area contributed by atoms with Crippen LogP contribution < -0.4 is 10.5 Å². The zero-order valence-corrected chi connectivity index (χ0v) is 11.3. The largest absolute Gasteiger partial charge is 0.383 e. The molecule has 2 aromatic heterocycles. The average Bonchev–Trinajstić information content (AvgIpc) is 2.79. The van der Waals surface area contributed by atoms with Crippen molar-refractivity contribution in [2.24, 2.45) is 0 Å². The molecular weight excluding hydrogens is 266 g/mol. The van der Waals surface area contributed by atoms with Crippen molar-refractivity contribution in [1.29, 1.82) is 0 Å². The zero-order valence-electron chi connectivity index (χ0n) is 10.4. The molecule has 0 aromatic carbocycles. The minimum absolute atomic E-state index is 0.00315. The molecule has 0 atom stereocenters. The van der Waals surface area contributed by atoms with Gasteiger partial charge in [-0.05, 0) is 24.6 Å². The molecular formula is C11H15N5O2S. The van der Waals surface area contributed by atoms with E-state index >= 15 is 0 Å². The van der Waals surface area contributed by atoms with Crippen LogP contribution in [0.4, 0.5) is 5.82 Å². The van der Waals surface area contributed by atoms with Crippen LogP contribution in [0.5, 0.6) is 0 Å². The quantitative estimate of drug-likeness (QED) is 0.823. The summed E-state index contributed by atoms with van der Waals surface area (Å²) in [5.74, 6) is 0.143. The predicted octanol–water partition coefficient (Wildman–Crippen LogP) is 0.359. The Labute approximate surface area is 111 Å². The molecule has 102 valence electrons. The van der Waals surface area contributed by atoms with Crippen LogP contribution in [0.25, 0.3) is 0 Å². The Morgan fingerprint density at radius 3 is 2.63 bits per heavy atom. The first-order valence-corrected chi connectivity index (χ1v) is 7.22. The van der Waals surface area contributed by atoms with Crippen LogP contribution in [-0.4, -0.2) is 23.2 Å². The molecule has 19 heavy (non-hydrogen) atoms. The molecule has 7 nitrogen and oxygen atoms in total. The lowest BCUT2D eigenvalue weighted by molar-refractivity contribution is 0.581. The number of rotatable bonds is 5. The fourth-order valence-corrected chi connectivity index (χ4v) is 2.67. The highest BCUT2D eigenvalue weighted by Gasteiger charge is 2.20. The molecule has 0 fully saturated rings. The van der Waals surface area contributed by atoms with E-state index in [1.54, 1.807) is 24.5 Å². The van der Waals surface area contributed by atoms with Gasteiger partial charge in [0.15, 0.2) is 0 Å². The Morgan fingerprint density at radius 1 is 1.37 bits per heavy atom. The maximum absolute atomic E-state index is 12.1. The summed E-state index contributed by atoms with van der Waals surface area (Å²) in [4.78, 5) is 3.87. The van der Waals surface area contributed by atoms with E-state index in [-0.39, 0.29) is 17.3 Å². The Hall–Kier alpha value is -1.93. The Morgan fingerprint density at radius 2 is 2.05 bits per heavy atom. The van der Waals surface area contributed by atoms with E-state index in [9.17, 15) is 8.42 Å². The number of aryl methyl sites for hydroxylation is 1. The monoisotopic (exact) mass is 281 g/mol. The van der Waals surface area contributed by atoms with Crippen molar-refractivity contribution in [2.45, 2.75) is 24.9 Å². The van der Waals surface area contributed by atoms with Crippen molar-refractivity contribution in [2.75, 3.05) is 5.73 Å². The van der Waals surface area contributed by atoms with Crippen LogP contribution in [-0.2, 0) is 23.1 Å². The van der Waals surface area contributed by atoms with Crippen molar-refractivity contribution >= 4 is 15.8 Å². The molecule has 0 bridgehead atoms. The van der Waals surface area contributed by atoms with Gasteiger partial charge >= 0.3 is 0 Å². The van der Waals surface area contributed by atoms with Crippen molar-refractivity contribution < 1.29 is 8.42 Å². The second-order valence-electron chi connectivity index (χ2n) is 3.89. The van der Waals surface area contributed by atoms with E-state index in [0.29, 0.717) is 6.54 Å². The second-order valence-corrected chi connectivity index (χ2v) is 5.63. The summed E-state index contributed by atoms with van der Waals surface area (Å²) in [7, 11) is -3.66. The van der Waals surface area contributed by atoms with Crippen molar-refractivity contribution in [1.82, 2.24) is 19.5 Å². The maximum Gasteiger partial charge on any atom is 0.246 e. The van der Waals surface area contributed by atoms with Crippen molar-refractivity contribution in [3.63, 3.8) is 0 Å². The summed E-state index contributed by atoms with van der Waals surface area (Å²) >= 11 is 0. The third-order valence-electron chi connectivity index (χ3n) is 2.65. The molecule has 3 N–H and O–H groups in total. The van der Waals surface area contributed by atoms with Crippen LogP contribution in [0, 0.1) is 0 Å². The molecule has 0 saturated carbocycles. The van der Waals surface area contributed by atoms with Gasteiger partial charge in [-0.3, -0.25) is 4.98 Å². The Bertz CT molecular complexity index is 651. The molecule has 2 rings (SSSR count). The third kappa shape index (κ3) is 2.91. The number of nitrogens with zero attached hydrogens (tertiary/aromatic N) is 3.